The van der Waals surface area contributed by atoms with E-state index in [1.807, 2.05) is 32.9 Å². The van der Waals surface area contributed by atoms with Gasteiger partial charge in [0.2, 0.25) is 0 Å². The van der Waals surface area contributed by atoms with Gasteiger partial charge >= 0.3 is 5.97 Å². The number of rotatable bonds is 14. The van der Waals surface area contributed by atoms with Gasteiger partial charge in [-0.3, -0.25) is 9.59 Å². The van der Waals surface area contributed by atoms with E-state index in [1.165, 1.54) is 48.8 Å². The fourth-order valence-corrected chi connectivity index (χ4v) is 4.96. The summed E-state index contributed by atoms with van der Waals surface area (Å²) >= 11 is 5.62. The van der Waals surface area contributed by atoms with Crippen LogP contribution in [0.3, 0.4) is 0 Å². The molecule has 262 valence electrons. The number of carboxylic acid groups (broad SMARTS) is 1. The normalized spacial score (nSPS) is 14.5. The van der Waals surface area contributed by atoms with Crippen LogP contribution < -0.4 is 9.47 Å². The summed E-state index contributed by atoms with van der Waals surface area (Å²) in [6.45, 7) is 23.1. The van der Waals surface area contributed by atoms with Crippen molar-refractivity contribution in [1.29, 1.82) is 0 Å². The van der Waals surface area contributed by atoms with Crippen molar-refractivity contribution in [3.05, 3.63) is 58.4 Å². The van der Waals surface area contributed by atoms with E-state index in [0.29, 0.717) is 35.3 Å². The lowest BCUT2D eigenvalue weighted by molar-refractivity contribution is -0.142. The molecule has 0 heterocycles. The number of aryl methyl sites for hydroxylation is 1. The average Bonchev–Trinajstić information content (AvgIpc) is 3.44. The Hall–Kier alpha value is -3.17. The first-order valence-corrected chi connectivity index (χ1v) is 16.9. The Morgan fingerprint density at radius 2 is 1.78 bits per heavy atom. The van der Waals surface area contributed by atoms with Crippen LogP contribution in [0.4, 0.5) is 0 Å². The Kier molecular flexibility index (Phi) is 31.3. The van der Waals surface area contributed by atoms with Gasteiger partial charge in [-0.15, -0.1) is 12.8 Å². The maximum Gasteiger partial charge on any atom is 0.310 e. The Labute approximate surface area is 286 Å². The van der Waals surface area contributed by atoms with E-state index in [1.54, 1.807) is 13.2 Å². The van der Waals surface area contributed by atoms with E-state index in [2.05, 4.69) is 61.0 Å². The molecule has 1 aliphatic rings. The van der Waals surface area contributed by atoms with Crippen molar-refractivity contribution in [1.82, 2.24) is 0 Å². The third-order valence-corrected chi connectivity index (χ3v) is 7.53. The van der Waals surface area contributed by atoms with Gasteiger partial charge in [-0.25, -0.2) is 0 Å². The zero-order chi connectivity index (χ0) is 36.1. The number of allylic oxidation sites excluding steroid dienone is 2. The van der Waals surface area contributed by atoms with Crippen LogP contribution in [0.1, 0.15) is 118 Å². The fourth-order valence-electron chi connectivity index (χ4n) is 4.82. The number of hydrogen-bond acceptors (Lipinski definition) is 5. The lowest BCUT2D eigenvalue weighted by atomic mass is 9.98. The Morgan fingerprint density at radius 3 is 2.24 bits per heavy atom. The molecule has 0 aliphatic heterocycles. The van der Waals surface area contributed by atoms with Gasteiger partial charge in [0.1, 0.15) is 17.3 Å². The average molecular weight is 663 g/mol. The van der Waals surface area contributed by atoms with E-state index in [0.717, 1.165) is 36.7 Å². The van der Waals surface area contributed by atoms with Crippen LogP contribution in [-0.2, 0) is 27.2 Å². The topological polar surface area (TPSA) is 82.1 Å². The highest BCUT2D eigenvalue weighted by molar-refractivity contribution is 6.25. The molecular formula is C39H63ClO6. The highest BCUT2D eigenvalue weighted by Crippen LogP contribution is 2.35. The third-order valence-electron chi connectivity index (χ3n) is 7.40. The van der Waals surface area contributed by atoms with Crippen LogP contribution in [0.15, 0.2) is 47.2 Å². The van der Waals surface area contributed by atoms with Crippen molar-refractivity contribution in [2.24, 2.45) is 17.8 Å². The summed E-state index contributed by atoms with van der Waals surface area (Å²) in [5.74, 6) is 3.90. The standard InChI is InChI=1S/C25H35ClO4.C9H18.C2H6.C2H2.CH2O2/c1-17(2)8-9-21-10-11-23(30-20(6)12-14-26)22(25(21)28-7)16-24(27)29-15-13-19(5)18(3)4;1-3-4-9-6-5-8(2)7-9;2*1-2;2-1-3/h10-12,14,17H,6,8-9,13,15-16H2,1-5,7H3;8-9H,3-7H2,1-2H3;1-2H3;1-2H;1H,(H,2,3)/b14-12+;;;;/t;8-,9?;;;/m.0.../s1. The largest absolute Gasteiger partial charge is 0.496 e. The van der Waals surface area contributed by atoms with E-state index in [9.17, 15) is 4.79 Å². The monoisotopic (exact) mass is 662 g/mol. The number of methoxy groups -OCH3 is 1. The van der Waals surface area contributed by atoms with E-state index in [4.69, 9.17) is 35.7 Å². The predicted molar refractivity (Wildman–Crippen MR) is 196 cm³/mol. The van der Waals surface area contributed by atoms with Gasteiger partial charge in [0.25, 0.3) is 6.47 Å². The molecule has 0 aromatic heterocycles. The lowest BCUT2D eigenvalue weighted by Gasteiger charge is -2.18. The number of hydrogen-bond donors (Lipinski definition) is 1. The second kappa shape index (κ2) is 30.5. The van der Waals surface area contributed by atoms with Gasteiger partial charge in [-0.1, -0.05) is 103 Å². The summed E-state index contributed by atoms with van der Waals surface area (Å²) in [4.78, 5) is 20.9. The maximum atomic E-state index is 12.6. The molecule has 0 spiro atoms. The maximum absolute atomic E-state index is 12.6. The number of terminal acetylenes is 1. The van der Waals surface area contributed by atoms with Crippen LogP contribution in [0.2, 0.25) is 0 Å². The highest BCUT2D eigenvalue weighted by Gasteiger charge is 2.21. The molecular weight excluding hydrogens is 600 g/mol. The zero-order valence-electron chi connectivity index (χ0n) is 30.4. The molecule has 0 radical (unpaired) electrons. The lowest BCUT2D eigenvalue weighted by Crippen LogP contribution is -2.12. The molecule has 0 amide bonds. The van der Waals surface area contributed by atoms with Crippen LogP contribution >= 0.6 is 11.6 Å². The summed E-state index contributed by atoms with van der Waals surface area (Å²) in [5.41, 5.74) is 5.50. The number of benzene rings is 1. The van der Waals surface area contributed by atoms with Crippen molar-refractivity contribution >= 4 is 24.0 Å². The molecule has 1 aliphatic carbocycles. The van der Waals surface area contributed by atoms with Gasteiger partial charge in [-0.05, 0) is 75.5 Å². The van der Waals surface area contributed by atoms with Gasteiger partial charge in [0, 0.05) is 17.5 Å². The first-order valence-electron chi connectivity index (χ1n) is 16.5. The predicted octanol–water partition coefficient (Wildman–Crippen LogP) is 11.0. The highest BCUT2D eigenvalue weighted by atomic mass is 35.5. The quantitative estimate of drug-likeness (QED) is 0.0533. The molecule has 1 aromatic carbocycles. The molecule has 7 heteroatoms. The molecule has 1 aromatic rings. The molecule has 46 heavy (non-hydrogen) atoms. The smallest absolute Gasteiger partial charge is 0.310 e. The molecule has 2 atom stereocenters. The molecule has 1 N–H and O–H groups in total. The Morgan fingerprint density at radius 1 is 1.17 bits per heavy atom. The van der Waals surface area contributed by atoms with E-state index < -0.39 is 0 Å². The molecule has 1 unspecified atom stereocenters. The SMILES string of the molecule is C#C.C=C(/C=C/Cl)Oc1ccc(CCC(C)C)c(OC)c1CC(=O)OCCC(C)=C(C)C.CC.CCCC1CC[C@H](C)C1.O=CO. The van der Waals surface area contributed by atoms with Gasteiger partial charge < -0.3 is 19.3 Å². The minimum Gasteiger partial charge on any atom is -0.496 e. The molecule has 0 saturated heterocycles. The first-order chi connectivity index (χ1) is 21.9. The van der Waals surface area contributed by atoms with Crippen molar-refractivity contribution in [2.75, 3.05) is 13.7 Å². The molecule has 1 saturated carbocycles. The first kappa shape index (κ1) is 47.2. The van der Waals surface area contributed by atoms with E-state index in [-0.39, 0.29) is 18.9 Å². The number of ether oxygens (including phenoxy) is 3. The molecule has 2 rings (SSSR count). The van der Waals surface area contributed by atoms with Crippen LogP contribution in [-0.4, -0.2) is 31.3 Å². The van der Waals surface area contributed by atoms with Crippen molar-refractivity contribution < 1.29 is 28.9 Å². The van der Waals surface area contributed by atoms with Crippen LogP contribution in [0.25, 0.3) is 0 Å². The van der Waals surface area contributed by atoms with Gasteiger partial charge in [0.15, 0.2) is 0 Å². The minimum atomic E-state index is -0.320. The number of carbonyl (C=O) groups excluding carboxylic acids is 1. The summed E-state index contributed by atoms with van der Waals surface area (Å²) in [5, 5.41) is 6.89. The van der Waals surface area contributed by atoms with Crippen molar-refractivity contribution in [3.63, 3.8) is 0 Å². The molecule has 1 fully saturated rings. The van der Waals surface area contributed by atoms with Gasteiger partial charge in [0.05, 0.1) is 20.1 Å². The summed E-state index contributed by atoms with van der Waals surface area (Å²) in [7, 11) is 1.61. The van der Waals surface area contributed by atoms with Gasteiger partial charge in [-0.2, -0.15) is 0 Å². The summed E-state index contributed by atoms with van der Waals surface area (Å²) in [6.07, 6.45) is 19.6. The van der Waals surface area contributed by atoms with Crippen LogP contribution in [0, 0.1) is 30.6 Å². The Balaban J connectivity index is -0.000000950. The second-order valence-electron chi connectivity index (χ2n) is 11.6. The second-order valence-corrected chi connectivity index (χ2v) is 11.9. The van der Waals surface area contributed by atoms with Crippen LogP contribution in [0.5, 0.6) is 11.5 Å². The molecule has 0 bridgehead atoms. The van der Waals surface area contributed by atoms with Crippen molar-refractivity contribution in [3.8, 4) is 24.3 Å². The van der Waals surface area contributed by atoms with E-state index >= 15 is 0 Å². The molecule has 6 nitrogen and oxygen atoms in total. The fraction of sp³-hybridized carbons (Fsp3) is 0.590. The number of esters is 1. The summed E-state index contributed by atoms with van der Waals surface area (Å²) < 4.78 is 17.0. The number of carbonyl (C=O) groups is 2. The number of halogens is 1. The minimum absolute atomic E-state index is 0.0553. The van der Waals surface area contributed by atoms with Crippen molar-refractivity contribution in [2.45, 2.75) is 120 Å². The third kappa shape index (κ3) is 22.4. The summed E-state index contributed by atoms with van der Waals surface area (Å²) in [6, 6.07) is 3.82. The Bertz CT molecular complexity index is 1050. The zero-order valence-corrected chi connectivity index (χ0v) is 31.2.